The summed E-state index contributed by atoms with van der Waals surface area (Å²) in [7, 11) is 0. The van der Waals surface area contributed by atoms with Crippen LogP contribution < -0.4 is 0 Å². The average Bonchev–Trinajstić information content (AvgIpc) is 3.39. The zero-order chi connectivity index (χ0) is 52.9. The van der Waals surface area contributed by atoms with Gasteiger partial charge in [-0.2, -0.15) is 0 Å². The van der Waals surface area contributed by atoms with Crippen LogP contribution in [0.1, 0.15) is 239 Å². The van der Waals surface area contributed by atoms with Crippen molar-refractivity contribution in [1.29, 1.82) is 0 Å². The lowest BCUT2D eigenvalue weighted by Gasteiger charge is -2.18. The maximum Gasteiger partial charge on any atom is 0.309 e. The van der Waals surface area contributed by atoms with Crippen LogP contribution in [0.3, 0.4) is 0 Å². The Balaban J connectivity index is 4.58. The quantitative estimate of drug-likeness (QED) is 0.0261. The van der Waals surface area contributed by atoms with Crippen LogP contribution in [0.25, 0.3) is 0 Å². The molecule has 0 aromatic heterocycles. The van der Waals surface area contributed by atoms with Gasteiger partial charge >= 0.3 is 17.9 Å². The summed E-state index contributed by atoms with van der Waals surface area (Å²) in [6.07, 6.45) is 86.0. The minimum Gasteiger partial charge on any atom is -0.462 e. The summed E-state index contributed by atoms with van der Waals surface area (Å²) in [5.41, 5.74) is 0. The van der Waals surface area contributed by atoms with E-state index in [0.29, 0.717) is 12.8 Å². The van der Waals surface area contributed by atoms with E-state index in [0.717, 1.165) is 89.9 Å². The molecule has 0 amide bonds. The molecule has 0 aromatic carbocycles. The molecule has 73 heavy (non-hydrogen) atoms. The maximum atomic E-state index is 12.8. The Labute approximate surface area is 448 Å². The first-order valence-electron chi connectivity index (χ1n) is 29.3. The first-order valence-corrected chi connectivity index (χ1v) is 29.3. The molecule has 0 fully saturated rings. The molecule has 0 aliphatic rings. The highest BCUT2D eigenvalue weighted by molar-refractivity contribution is 5.72. The van der Waals surface area contributed by atoms with Gasteiger partial charge in [0.25, 0.3) is 0 Å². The highest BCUT2D eigenvalue weighted by Gasteiger charge is 2.19. The van der Waals surface area contributed by atoms with E-state index in [9.17, 15) is 14.4 Å². The van der Waals surface area contributed by atoms with Crippen molar-refractivity contribution in [3.05, 3.63) is 146 Å². The van der Waals surface area contributed by atoms with Gasteiger partial charge in [0.2, 0.25) is 0 Å². The SMILES string of the molecule is CC/C=C\C/C=C\C/C=C\C/C=C\C/C=C\C/C=C\CCC(=O)OC(COC(=O)C/C=C\C/C=C\C/C=C\C/C=C\C/C=C\CC)COC(=O)CCCCCCCCCCC/C=C\CCCCCCCCCC. The second-order valence-electron chi connectivity index (χ2n) is 18.8. The van der Waals surface area contributed by atoms with Crippen molar-refractivity contribution in [2.75, 3.05) is 13.2 Å². The Morgan fingerprint density at radius 2 is 0.616 bits per heavy atom. The van der Waals surface area contributed by atoms with Crippen molar-refractivity contribution in [2.24, 2.45) is 0 Å². The van der Waals surface area contributed by atoms with Crippen LogP contribution in [0, 0.1) is 0 Å². The molecule has 410 valence electrons. The van der Waals surface area contributed by atoms with Gasteiger partial charge in [-0.15, -0.1) is 0 Å². The van der Waals surface area contributed by atoms with E-state index in [2.05, 4.69) is 142 Å². The third-order valence-electron chi connectivity index (χ3n) is 11.9. The molecule has 0 saturated carbocycles. The number of carbonyl (C=O) groups excluding carboxylic acids is 3. The first-order chi connectivity index (χ1) is 36.0. The molecule has 0 aliphatic heterocycles. The Kier molecular flexibility index (Phi) is 56.0. The van der Waals surface area contributed by atoms with Gasteiger partial charge in [0, 0.05) is 12.8 Å². The summed E-state index contributed by atoms with van der Waals surface area (Å²) in [5, 5.41) is 0. The van der Waals surface area contributed by atoms with Gasteiger partial charge in [0.15, 0.2) is 6.10 Å². The minimum absolute atomic E-state index is 0.105. The Bertz CT molecular complexity index is 1630. The molecule has 0 rings (SSSR count). The normalized spacial score (nSPS) is 13.2. The lowest BCUT2D eigenvalue weighted by Crippen LogP contribution is -2.30. The zero-order valence-electron chi connectivity index (χ0n) is 46.8. The number of unbranched alkanes of at least 4 members (excludes halogenated alkanes) is 17. The largest absolute Gasteiger partial charge is 0.462 e. The molecule has 6 nitrogen and oxygen atoms in total. The van der Waals surface area contributed by atoms with E-state index < -0.39 is 18.0 Å². The fourth-order valence-electron chi connectivity index (χ4n) is 7.54. The van der Waals surface area contributed by atoms with Crippen LogP contribution in [0.2, 0.25) is 0 Å². The molecular weight excluding hydrogens is 901 g/mol. The second-order valence-corrected chi connectivity index (χ2v) is 18.8. The summed E-state index contributed by atoms with van der Waals surface area (Å²) < 4.78 is 16.7. The molecule has 0 bridgehead atoms. The maximum absolute atomic E-state index is 12.8. The summed E-state index contributed by atoms with van der Waals surface area (Å²) in [6.45, 7) is 6.25. The van der Waals surface area contributed by atoms with E-state index in [1.165, 1.54) is 103 Å². The number of hydrogen-bond donors (Lipinski definition) is 0. The van der Waals surface area contributed by atoms with Gasteiger partial charge in [-0.25, -0.2) is 0 Å². The fraction of sp³-hybridized carbons (Fsp3) is 0.597. The molecular formula is C67H106O6. The van der Waals surface area contributed by atoms with Crippen molar-refractivity contribution < 1.29 is 28.6 Å². The molecule has 0 N–H and O–H groups in total. The van der Waals surface area contributed by atoms with Crippen LogP contribution in [0.15, 0.2) is 146 Å². The number of carbonyl (C=O) groups is 3. The van der Waals surface area contributed by atoms with Crippen molar-refractivity contribution in [3.8, 4) is 0 Å². The van der Waals surface area contributed by atoms with Crippen LogP contribution in [0.5, 0.6) is 0 Å². The Morgan fingerprint density at radius 1 is 0.301 bits per heavy atom. The average molecular weight is 1010 g/mol. The molecule has 0 radical (unpaired) electrons. The molecule has 6 heteroatoms. The van der Waals surface area contributed by atoms with Crippen molar-refractivity contribution in [2.45, 2.75) is 245 Å². The molecule has 1 atom stereocenters. The number of allylic oxidation sites excluding steroid dienone is 23. The lowest BCUT2D eigenvalue weighted by molar-refractivity contribution is -0.166. The van der Waals surface area contributed by atoms with E-state index >= 15 is 0 Å². The number of esters is 3. The van der Waals surface area contributed by atoms with Gasteiger partial charge in [-0.1, -0.05) is 256 Å². The second kappa shape index (κ2) is 59.8. The smallest absolute Gasteiger partial charge is 0.309 e. The summed E-state index contributed by atoms with van der Waals surface area (Å²) >= 11 is 0. The molecule has 0 heterocycles. The molecule has 0 spiro atoms. The summed E-state index contributed by atoms with van der Waals surface area (Å²) in [6, 6.07) is 0. The molecule has 0 aliphatic carbocycles. The van der Waals surface area contributed by atoms with E-state index in [1.807, 2.05) is 18.2 Å². The fourth-order valence-corrected chi connectivity index (χ4v) is 7.54. The predicted molar refractivity (Wildman–Crippen MR) is 315 cm³/mol. The van der Waals surface area contributed by atoms with Gasteiger partial charge in [-0.05, 0) is 109 Å². The molecule has 0 aromatic rings. The van der Waals surface area contributed by atoms with E-state index in [-0.39, 0.29) is 32.0 Å². The third kappa shape index (κ3) is 58.1. The standard InChI is InChI=1S/C67H106O6/c1-4-7-10-13-16-19-22-25-28-30-32-33-35-36-39-42-45-48-51-54-57-60-66(69)72-63-64(62-71-65(68)59-56-53-50-47-44-41-38-27-24-21-18-15-12-9-6-3)73-67(70)61-58-55-52-49-46-43-40-37-34-31-29-26-23-20-17-14-11-8-5-2/h8-9,11-12,17-18,20-21,26-27,29-30,32,34,37-38,43-44,46-47,52-53,55-56,64H,4-7,10,13-16,19,22-25,28,31,33,35-36,39-42,45,48-51,54,57-63H2,1-3H3/b11-8-,12-9-,20-17-,21-18-,29-26-,32-30-,37-34-,38-27-,46-43-,47-44-,55-52-,56-53-. The number of rotatable bonds is 51. The highest BCUT2D eigenvalue weighted by Crippen LogP contribution is 2.14. The minimum atomic E-state index is -0.866. The summed E-state index contributed by atoms with van der Waals surface area (Å²) in [5.74, 6) is -1.17. The lowest BCUT2D eigenvalue weighted by atomic mass is 10.1. The Hall–Kier alpha value is -4.71. The van der Waals surface area contributed by atoms with Crippen LogP contribution in [-0.4, -0.2) is 37.2 Å². The highest BCUT2D eigenvalue weighted by atomic mass is 16.6. The summed E-state index contributed by atoms with van der Waals surface area (Å²) in [4.78, 5) is 38.1. The van der Waals surface area contributed by atoms with Crippen molar-refractivity contribution in [1.82, 2.24) is 0 Å². The van der Waals surface area contributed by atoms with E-state index in [4.69, 9.17) is 14.2 Å². The molecule has 1 unspecified atom stereocenters. The first kappa shape index (κ1) is 68.3. The van der Waals surface area contributed by atoms with Gasteiger partial charge in [-0.3, -0.25) is 14.4 Å². The van der Waals surface area contributed by atoms with Gasteiger partial charge in [0.05, 0.1) is 6.42 Å². The topological polar surface area (TPSA) is 78.9 Å². The van der Waals surface area contributed by atoms with Gasteiger partial charge < -0.3 is 14.2 Å². The van der Waals surface area contributed by atoms with Crippen molar-refractivity contribution in [3.63, 3.8) is 0 Å². The Morgan fingerprint density at radius 3 is 1.01 bits per heavy atom. The van der Waals surface area contributed by atoms with Crippen LogP contribution >= 0.6 is 0 Å². The van der Waals surface area contributed by atoms with Crippen LogP contribution in [-0.2, 0) is 28.6 Å². The third-order valence-corrected chi connectivity index (χ3v) is 11.9. The molecule has 0 saturated heterocycles. The van der Waals surface area contributed by atoms with Crippen LogP contribution in [0.4, 0.5) is 0 Å². The van der Waals surface area contributed by atoms with Crippen molar-refractivity contribution >= 4 is 17.9 Å². The predicted octanol–water partition coefficient (Wildman–Crippen LogP) is 20.0. The number of ether oxygens (including phenoxy) is 3. The number of hydrogen-bond acceptors (Lipinski definition) is 6. The van der Waals surface area contributed by atoms with Gasteiger partial charge in [0.1, 0.15) is 13.2 Å². The zero-order valence-corrected chi connectivity index (χ0v) is 46.8. The van der Waals surface area contributed by atoms with E-state index in [1.54, 1.807) is 6.08 Å². The monoisotopic (exact) mass is 1010 g/mol.